The Labute approximate surface area is 89.2 Å². The SMILES string of the molecule is CC(C)=CC(=O)CSc1ccccc1. The summed E-state index contributed by atoms with van der Waals surface area (Å²) >= 11 is 1.58. The molecule has 1 rings (SSSR count). The first-order chi connectivity index (χ1) is 6.68. The summed E-state index contributed by atoms with van der Waals surface area (Å²) in [5.41, 5.74) is 1.06. The van der Waals surface area contributed by atoms with E-state index in [4.69, 9.17) is 0 Å². The molecule has 2 heteroatoms. The van der Waals surface area contributed by atoms with E-state index in [-0.39, 0.29) is 5.78 Å². The van der Waals surface area contributed by atoms with E-state index in [0.717, 1.165) is 10.5 Å². The molecule has 0 aliphatic rings. The van der Waals surface area contributed by atoms with E-state index in [9.17, 15) is 4.79 Å². The van der Waals surface area contributed by atoms with Gasteiger partial charge in [0.1, 0.15) is 0 Å². The van der Waals surface area contributed by atoms with Crippen LogP contribution in [0.25, 0.3) is 0 Å². The molecule has 0 radical (unpaired) electrons. The van der Waals surface area contributed by atoms with Gasteiger partial charge in [-0.05, 0) is 32.1 Å². The molecule has 0 unspecified atom stereocenters. The van der Waals surface area contributed by atoms with Gasteiger partial charge in [-0.15, -0.1) is 11.8 Å². The van der Waals surface area contributed by atoms with Gasteiger partial charge in [-0.3, -0.25) is 4.79 Å². The normalized spacial score (nSPS) is 9.57. The summed E-state index contributed by atoms with van der Waals surface area (Å²) in [6.45, 7) is 3.87. The van der Waals surface area contributed by atoms with Crippen molar-refractivity contribution in [1.82, 2.24) is 0 Å². The van der Waals surface area contributed by atoms with Crippen molar-refractivity contribution < 1.29 is 4.79 Å². The van der Waals surface area contributed by atoms with Gasteiger partial charge in [-0.2, -0.15) is 0 Å². The fraction of sp³-hybridized carbons (Fsp3) is 0.250. The Morgan fingerprint density at radius 1 is 1.29 bits per heavy atom. The number of thioether (sulfide) groups is 1. The monoisotopic (exact) mass is 206 g/mol. The van der Waals surface area contributed by atoms with Crippen molar-refractivity contribution in [3.8, 4) is 0 Å². The van der Waals surface area contributed by atoms with Crippen LogP contribution in [0.5, 0.6) is 0 Å². The number of allylic oxidation sites excluding steroid dienone is 2. The number of carbonyl (C=O) groups is 1. The second kappa shape index (κ2) is 5.66. The van der Waals surface area contributed by atoms with Crippen molar-refractivity contribution in [3.63, 3.8) is 0 Å². The summed E-state index contributed by atoms with van der Waals surface area (Å²) < 4.78 is 0. The molecule has 0 saturated heterocycles. The highest BCUT2D eigenvalue weighted by atomic mass is 32.2. The van der Waals surface area contributed by atoms with E-state index >= 15 is 0 Å². The topological polar surface area (TPSA) is 17.1 Å². The number of benzene rings is 1. The van der Waals surface area contributed by atoms with Gasteiger partial charge >= 0.3 is 0 Å². The molecule has 0 amide bonds. The predicted octanol–water partition coefficient (Wildman–Crippen LogP) is 3.31. The van der Waals surface area contributed by atoms with Crippen LogP contribution in [0.3, 0.4) is 0 Å². The molecule has 0 spiro atoms. The molecule has 14 heavy (non-hydrogen) atoms. The molecule has 74 valence electrons. The standard InChI is InChI=1S/C12H14OS/c1-10(2)8-11(13)9-14-12-6-4-3-5-7-12/h3-8H,9H2,1-2H3. The first-order valence-electron chi connectivity index (χ1n) is 4.54. The van der Waals surface area contributed by atoms with Gasteiger partial charge in [0.25, 0.3) is 0 Å². The highest BCUT2D eigenvalue weighted by Crippen LogP contribution is 2.16. The van der Waals surface area contributed by atoms with Crippen LogP contribution in [0.1, 0.15) is 13.8 Å². The third-order valence-electron chi connectivity index (χ3n) is 1.57. The van der Waals surface area contributed by atoms with E-state index in [0.29, 0.717) is 5.75 Å². The van der Waals surface area contributed by atoms with Crippen molar-refractivity contribution in [1.29, 1.82) is 0 Å². The average molecular weight is 206 g/mol. The first kappa shape index (κ1) is 11.1. The Bertz CT molecular complexity index is 323. The Kier molecular flexibility index (Phi) is 4.47. The van der Waals surface area contributed by atoms with Crippen LogP contribution in [0.4, 0.5) is 0 Å². The summed E-state index contributed by atoms with van der Waals surface area (Å²) in [5, 5.41) is 0. The zero-order chi connectivity index (χ0) is 10.4. The maximum absolute atomic E-state index is 11.3. The Hall–Kier alpha value is -1.02. The quantitative estimate of drug-likeness (QED) is 0.555. The lowest BCUT2D eigenvalue weighted by atomic mass is 10.3. The van der Waals surface area contributed by atoms with Gasteiger partial charge in [0, 0.05) is 4.90 Å². The molecule has 0 fully saturated rings. The molecule has 0 bridgehead atoms. The summed E-state index contributed by atoms with van der Waals surface area (Å²) in [6.07, 6.45) is 1.69. The highest BCUT2D eigenvalue weighted by molar-refractivity contribution is 8.00. The fourth-order valence-electron chi connectivity index (χ4n) is 1.03. The molecular weight excluding hydrogens is 192 g/mol. The Morgan fingerprint density at radius 2 is 1.93 bits per heavy atom. The Balaban J connectivity index is 2.42. The van der Waals surface area contributed by atoms with Crippen molar-refractivity contribution in [2.24, 2.45) is 0 Å². The molecule has 1 aromatic rings. The third-order valence-corrected chi connectivity index (χ3v) is 2.61. The van der Waals surface area contributed by atoms with Gasteiger partial charge in [0.05, 0.1) is 5.75 Å². The van der Waals surface area contributed by atoms with Crippen molar-refractivity contribution in [2.45, 2.75) is 18.7 Å². The molecule has 0 saturated carbocycles. The van der Waals surface area contributed by atoms with Gasteiger partial charge in [-0.1, -0.05) is 23.8 Å². The minimum absolute atomic E-state index is 0.179. The van der Waals surface area contributed by atoms with Crippen molar-refractivity contribution in [3.05, 3.63) is 42.0 Å². The fourth-order valence-corrected chi connectivity index (χ4v) is 1.78. The van der Waals surface area contributed by atoms with Crippen LogP contribution >= 0.6 is 11.8 Å². The number of rotatable bonds is 4. The van der Waals surface area contributed by atoms with Crippen LogP contribution < -0.4 is 0 Å². The maximum Gasteiger partial charge on any atom is 0.165 e. The number of ketones is 1. The van der Waals surface area contributed by atoms with Crippen LogP contribution in [0.2, 0.25) is 0 Å². The van der Waals surface area contributed by atoms with Crippen molar-refractivity contribution in [2.75, 3.05) is 5.75 Å². The minimum atomic E-state index is 0.179. The molecule has 1 nitrogen and oxygen atoms in total. The first-order valence-corrected chi connectivity index (χ1v) is 5.52. The van der Waals surface area contributed by atoms with Gasteiger partial charge < -0.3 is 0 Å². The van der Waals surface area contributed by atoms with E-state index in [1.54, 1.807) is 17.8 Å². The van der Waals surface area contributed by atoms with E-state index in [2.05, 4.69) is 0 Å². The molecule has 0 N–H and O–H groups in total. The summed E-state index contributed by atoms with van der Waals surface area (Å²) in [5.74, 6) is 0.703. The van der Waals surface area contributed by atoms with Crippen LogP contribution in [-0.2, 0) is 4.79 Å². The average Bonchev–Trinajstić information content (AvgIpc) is 2.15. The summed E-state index contributed by atoms with van der Waals surface area (Å²) in [4.78, 5) is 12.5. The minimum Gasteiger partial charge on any atom is -0.294 e. The lowest BCUT2D eigenvalue weighted by Crippen LogP contribution is -1.96. The summed E-state index contributed by atoms with van der Waals surface area (Å²) in [6, 6.07) is 9.96. The van der Waals surface area contributed by atoms with Gasteiger partial charge in [0.2, 0.25) is 0 Å². The van der Waals surface area contributed by atoms with Gasteiger partial charge in [0.15, 0.2) is 5.78 Å². The number of hydrogen-bond acceptors (Lipinski definition) is 2. The zero-order valence-electron chi connectivity index (χ0n) is 8.49. The molecule has 1 aromatic carbocycles. The highest BCUT2D eigenvalue weighted by Gasteiger charge is 1.98. The van der Waals surface area contributed by atoms with Crippen LogP contribution in [-0.4, -0.2) is 11.5 Å². The molecule has 0 aliphatic carbocycles. The molecule has 0 aromatic heterocycles. The van der Waals surface area contributed by atoms with E-state index in [1.807, 2.05) is 44.2 Å². The Morgan fingerprint density at radius 3 is 2.50 bits per heavy atom. The molecule has 0 atom stereocenters. The molecule has 0 aliphatic heterocycles. The molecule has 0 heterocycles. The van der Waals surface area contributed by atoms with Gasteiger partial charge in [-0.25, -0.2) is 0 Å². The van der Waals surface area contributed by atoms with E-state index < -0.39 is 0 Å². The number of carbonyl (C=O) groups excluding carboxylic acids is 1. The third kappa shape index (κ3) is 4.28. The smallest absolute Gasteiger partial charge is 0.165 e. The summed E-state index contributed by atoms with van der Waals surface area (Å²) in [7, 11) is 0. The lowest BCUT2D eigenvalue weighted by Gasteiger charge is -1.97. The number of hydrogen-bond donors (Lipinski definition) is 0. The predicted molar refractivity (Wildman–Crippen MR) is 61.6 cm³/mol. The second-order valence-corrected chi connectivity index (χ2v) is 4.34. The van der Waals surface area contributed by atoms with E-state index in [1.165, 1.54) is 0 Å². The largest absolute Gasteiger partial charge is 0.294 e. The van der Waals surface area contributed by atoms with Crippen LogP contribution in [0.15, 0.2) is 46.9 Å². The second-order valence-electron chi connectivity index (χ2n) is 3.29. The lowest BCUT2D eigenvalue weighted by molar-refractivity contribution is -0.112. The maximum atomic E-state index is 11.3. The van der Waals surface area contributed by atoms with Crippen LogP contribution in [0, 0.1) is 0 Å². The zero-order valence-corrected chi connectivity index (χ0v) is 9.30. The molecular formula is C12H14OS. The van der Waals surface area contributed by atoms with Crippen molar-refractivity contribution >= 4 is 17.5 Å².